The third-order valence-electron chi connectivity index (χ3n) is 4.47. The first-order chi connectivity index (χ1) is 14.4. The average molecular weight is 425 g/mol. The molecule has 0 spiro atoms. The Morgan fingerprint density at radius 3 is 2.40 bits per heavy atom. The summed E-state index contributed by atoms with van der Waals surface area (Å²) in [4.78, 5) is 37.2. The Hall–Kier alpha value is -3.45. The second-order valence-corrected chi connectivity index (χ2v) is 7.04. The molecule has 1 heterocycles. The first-order valence-corrected chi connectivity index (χ1v) is 9.79. The van der Waals surface area contributed by atoms with Crippen LogP contribution in [0.5, 0.6) is 0 Å². The summed E-state index contributed by atoms with van der Waals surface area (Å²) in [5.41, 5.74) is 2.01. The van der Waals surface area contributed by atoms with Crippen LogP contribution in [-0.2, 0) is 16.1 Å². The summed E-state index contributed by atoms with van der Waals surface area (Å²) in [6, 6.07) is 15.9. The minimum Gasteiger partial charge on any atom is -0.324 e. The Balaban J connectivity index is 1.95. The first kappa shape index (κ1) is 21.3. The first-order valence-electron chi connectivity index (χ1n) is 9.41. The van der Waals surface area contributed by atoms with Crippen LogP contribution in [0.1, 0.15) is 18.9 Å². The number of carbonyl (C=O) groups excluding carboxylic acids is 2. The van der Waals surface area contributed by atoms with E-state index in [1.807, 2.05) is 30.3 Å². The summed E-state index contributed by atoms with van der Waals surface area (Å²) in [6.07, 6.45) is 0.219. The lowest BCUT2D eigenvalue weighted by molar-refractivity contribution is -0.117. The van der Waals surface area contributed by atoms with Gasteiger partial charge in [0, 0.05) is 22.7 Å². The fraction of sp³-hybridized carbons (Fsp3) is 0.182. The van der Waals surface area contributed by atoms with E-state index in [-0.39, 0.29) is 24.6 Å². The number of anilines is 2. The molecule has 0 bridgehead atoms. The number of hydrogen-bond acceptors (Lipinski definition) is 4. The van der Waals surface area contributed by atoms with E-state index in [4.69, 9.17) is 11.6 Å². The Morgan fingerprint density at radius 1 is 1.00 bits per heavy atom. The van der Waals surface area contributed by atoms with Gasteiger partial charge in [-0.2, -0.15) is 5.10 Å². The highest BCUT2D eigenvalue weighted by molar-refractivity contribution is 6.31. The van der Waals surface area contributed by atoms with Gasteiger partial charge in [-0.05, 0) is 30.7 Å². The van der Waals surface area contributed by atoms with Crippen molar-refractivity contribution in [2.45, 2.75) is 26.8 Å². The van der Waals surface area contributed by atoms with Gasteiger partial charge in [0.1, 0.15) is 12.2 Å². The van der Waals surface area contributed by atoms with Crippen LogP contribution in [-0.4, -0.2) is 21.6 Å². The van der Waals surface area contributed by atoms with Crippen molar-refractivity contribution < 1.29 is 9.59 Å². The van der Waals surface area contributed by atoms with Crippen LogP contribution in [0, 0.1) is 6.92 Å². The summed E-state index contributed by atoms with van der Waals surface area (Å²) in [7, 11) is 0. The SMILES string of the molecule is CCC(=O)Nc1cc(-c2ccccc2)nn(CC(=O)Nc2cccc(Cl)c2C)c1=O. The molecule has 0 aliphatic carbocycles. The normalized spacial score (nSPS) is 10.5. The summed E-state index contributed by atoms with van der Waals surface area (Å²) in [5, 5.41) is 10.2. The number of amides is 2. The zero-order chi connectivity index (χ0) is 21.7. The number of halogens is 1. The van der Waals surface area contributed by atoms with E-state index in [9.17, 15) is 14.4 Å². The lowest BCUT2D eigenvalue weighted by Gasteiger charge is -2.13. The van der Waals surface area contributed by atoms with Crippen molar-refractivity contribution in [1.29, 1.82) is 0 Å². The van der Waals surface area contributed by atoms with E-state index in [1.165, 1.54) is 6.07 Å². The standard InChI is InChI=1S/C22H21ClN4O3/c1-3-20(28)25-19-12-18(15-8-5-4-6-9-15)26-27(22(19)30)13-21(29)24-17-11-7-10-16(23)14(17)2/h4-12H,3,13H2,1-2H3,(H,24,29)(H,25,28). The van der Waals surface area contributed by atoms with Gasteiger partial charge in [0.05, 0.1) is 5.69 Å². The second kappa shape index (κ2) is 9.37. The molecule has 3 rings (SSSR count). The molecule has 2 aromatic carbocycles. The molecule has 0 fully saturated rings. The molecule has 0 aliphatic heterocycles. The predicted octanol–water partition coefficient (Wildman–Crippen LogP) is 3.86. The summed E-state index contributed by atoms with van der Waals surface area (Å²) in [5.74, 6) is -0.740. The van der Waals surface area contributed by atoms with Crippen LogP contribution in [0.25, 0.3) is 11.3 Å². The third-order valence-corrected chi connectivity index (χ3v) is 4.88. The van der Waals surface area contributed by atoms with E-state index in [2.05, 4.69) is 15.7 Å². The van der Waals surface area contributed by atoms with Crippen molar-refractivity contribution in [3.8, 4) is 11.3 Å². The molecule has 0 saturated heterocycles. The second-order valence-electron chi connectivity index (χ2n) is 6.63. The van der Waals surface area contributed by atoms with E-state index < -0.39 is 11.5 Å². The summed E-state index contributed by atoms with van der Waals surface area (Å²) >= 11 is 6.10. The number of rotatable bonds is 6. The molecule has 154 valence electrons. The number of hydrogen-bond donors (Lipinski definition) is 2. The molecule has 8 heteroatoms. The number of nitrogens with zero attached hydrogens (tertiary/aromatic N) is 2. The largest absolute Gasteiger partial charge is 0.324 e. The Labute approximate surface area is 178 Å². The molecule has 2 N–H and O–H groups in total. The molecule has 7 nitrogen and oxygen atoms in total. The molecule has 0 saturated carbocycles. The highest BCUT2D eigenvalue weighted by atomic mass is 35.5. The van der Waals surface area contributed by atoms with Crippen molar-refractivity contribution in [2.24, 2.45) is 0 Å². The maximum absolute atomic E-state index is 12.8. The molecule has 0 radical (unpaired) electrons. The van der Waals surface area contributed by atoms with Gasteiger partial charge < -0.3 is 10.6 Å². The van der Waals surface area contributed by atoms with Gasteiger partial charge in [-0.15, -0.1) is 0 Å². The number of nitrogens with one attached hydrogen (secondary N) is 2. The number of aromatic nitrogens is 2. The van der Waals surface area contributed by atoms with Gasteiger partial charge in [0.15, 0.2) is 0 Å². The van der Waals surface area contributed by atoms with E-state index in [0.717, 1.165) is 15.8 Å². The molecule has 0 atom stereocenters. The van der Waals surface area contributed by atoms with Gasteiger partial charge in [-0.25, -0.2) is 4.68 Å². The zero-order valence-corrected chi connectivity index (χ0v) is 17.4. The number of carbonyl (C=O) groups is 2. The van der Waals surface area contributed by atoms with E-state index >= 15 is 0 Å². The minimum atomic E-state index is -0.561. The Morgan fingerprint density at radius 2 is 1.70 bits per heavy atom. The lowest BCUT2D eigenvalue weighted by atomic mass is 10.1. The van der Waals surface area contributed by atoms with Crippen LogP contribution in [0.3, 0.4) is 0 Å². The Kier molecular flexibility index (Phi) is 6.64. The van der Waals surface area contributed by atoms with Crippen molar-refractivity contribution in [3.05, 3.63) is 75.5 Å². The smallest absolute Gasteiger partial charge is 0.291 e. The van der Waals surface area contributed by atoms with Crippen LogP contribution < -0.4 is 16.2 Å². The highest BCUT2D eigenvalue weighted by Crippen LogP contribution is 2.23. The Bertz CT molecular complexity index is 1140. The van der Waals surface area contributed by atoms with Crippen LogP contribution in [0.2, 0.25) is 5.02 Å². The van der Waals surface area contributed by atoms with Crippen molar-refractivity contribution >= 4 is 34.8 Å². The van der Waals surface area contributed by atoms with E-state index in [0.29, 0.717) is 16.4 Å². The van der Waals surface area contributed by atoms with Crippen LogP contribution in [0.4, 0.5) is 11.4 Å². The van der Waals surface area contributed by atoms with Gasteiger partial charge in [-0.3, -0.25) is 14.4 Å². The number of benzene rings is 2. The molecule has 1 aromatic heterocycles. The molecule has 30 heavy (non-hydrogen) atoms. The molecular formula is C22H21ClN4O3. The lowest BCUT2D eigenvalue weighted by Crippen LogP contribution is -2.32. The van der Waals surface area contributed by atoms with Crippen LogP contribution >= 0.6 is 11.6 Å². The van der Waals surface area contributed by atoms with E-state index in [1.54, 1.807) is 32.0 Å². The molecule has 3 aromatic rings. The average Bonchev–Trinajstić information content (AvgIpc) is 2.74. The van der Waals surface area contributed by atoms with Gasteiger partial charge in [0.2, 0.25) is 11.8 Å². The topological polar surface area (TPSA) is 93.1 Å². The predicted molar refractivity (Wildman–Crippen MR) is 118 cm³/mol. The molecular weight excluding hydrogens is 404 g/mol. The van der Waals surface area contributed by atoms with Crippen molar-refractivity contribution in [3.63, 3.8) is 0 Å². The fourth-order valence-corrected chi connectivity index (χ4v) is 2.97. The summed E-state index contributed by atoms with van der Waals surface area (Å²) in [6.45, 7) is 3.16. The minimum absolute atomic E-state index is 0.0717. The maximum Gasteiger partial charge on any atom is 0.291 e. The maximum atomic E-state index is 12.8. The summed E-state index contributed by atoms with van der Waals surface area (Å²) < 4.78 is 1.04. The van der Waals surface area contributed by atoms with Crippen molar-refractivity contribution in [2.75, 3.05) is 10.6 Å². The highest BCUT2D eigenvalue weighted by Gasteiger charge is 2.15. The monoisotopic (exact) mass is 424 g/mol. The van der Waals surface area contributed by atoms with Gasteiger partial charge in [0.25, 0.3) is 5.56 Å². The van der Waals surface area contributed by atoms with Crippen LogP contribution in [0.15, 0.2) is 59.4 Å². The quantitative estimate of drug-likeness (QED) is 0.628. The molecule has 0 unspecified atom stereocenters. The van der Waals surface area contributed by atoms with Crippen molar-refractivity contribution in [1.82, 2.24) is 9.78 Å². The third kappa shape index (κ3) is 4.93. The fourth-order valence-electron chi connectivity index (χ4n) is 2.80. The zero-order valence-electron chi connectivity index (χ0n) is 16.6. The molecule has 2 amide bonds. The van der Waals surface area contributed by atoms with Gasteiger partial charge >= 0.3 is 0 Å². The van der Waals surface area contributed by atoms with Gasteiger partial charge in [-0.1, -0.05) is 54.9 Å². The molecule has 0 aliphatic rings.